The van der Waals surface area contributed by atoms with Crippen LogP contribution in [0.5, 0.6) is 0 Å². The summed E-state index contributed by atoms with van der Waals surface area (Å²) in [7, 11) is 0. The molecule has 64 valence electrons. The summed E-state index contributed by atoms with van der Waals surface area (Å²) in [6.45, 7) is 14.5. The first-order valence-electron chi connectivity index (χ1n) is 3.75. The van der Waals surface area contributed by atoms with Gasteiger partial charge in [-0.05, 0) is 25.0 Å². The van der Waals surface area contributed by atoms with Crippen molar-refractivity contribution in [3.05, 3.63) is 37.5 Å². The largest absolute Gasteiger partial charge is 0.330 e. The lowest BCUT2D eigenvalue weighted by Gasteiger charge is -2.07. The van der Waals surface area contributed by atoms with E-state index in [1.165, 1.54) is 5.57 Å². The van der Waals surface area contributed by atoms with Crippen molar-refractivity contribution in [1.29, 1.82) is 0 Å². The molecule has 0 fully saturated rings. The molecular weight excluding hydrogens is 134 g/mol. The quantitative estimate of drug-likeness (QED) is 0.489. The molecule has 0 radical (unpaired) electrons. The maximum Gasteiger partial charge on any atom is -0.00110 e. The Morgan fingerprint density at radius 2 is 2.00 bits per heavy atom. The Bertz CT molecular complexity index is 125. The van der Waals surface area contributed by atoms with Crippen LogP contribution in [0.25, 0.3) is 0 Å². The van der Waals surface area contributed by atoms with Crippen LogP contribution in [0.3, 0.4) is 0 Å². The first-order chi connectivity index (χ1) is 5.26. The van der Waals surface area contributed by atoms with Gasteiger partial charge in [0.2, 0.25) is 0 Å². The second kappa shape index (κ2) is 9.18. The minimum Gasteiger partial charge on any atom is -0.330 e. The summed E-state index contributed by atoms with van der Waals surface area (Å²) in [6, 6.07) is 0. The molecule has 0 amide bonds. The average Bonchev–Trinajstić information content (AvgIpc) is 2.10. The van der Waals surface area contributed by atoms with Crippen LogP contribution in [-0.4, -0.2) is 6.54 Å². The van der Waals surface area contributed by atoms with E-state index in [2.05, 4.69) is 26.7 Å². The third-order valence-corrected chi connectivity index (χ3v) is 1.49. The minimum absolute atomic E-state index is 0.451. The Morgan fingerprint density at radius 1 is 1.55 bits per heavy atom. The molecular formula is C10H19N. The van der Waals surface area contributed by atoms with Crippen LogP contribution in [0.4, 0.5) is 0 Å². The fourth-order valence-electron chi connectivity index (χ4n) is 0.740. The van der Waals surface area contributed by atoms with Crippen molar-refractivity contribution in [2.75, 3.05) is 6.54 Å². The minimum atomic E-state index is 0.451. The number of hydrogen-bond donors (Lipinski definition) is 1. The highest BCUT2D eigenvalue weighted by molar-refractivity contribution is 5.17. The van der Waals surface area contributed by atoms with E-state index in [1.54, 1.807) is 0 Å². The molecule has 0 heterocycles. The number of allylic oxidation sites excluding steroid dienone is 2. The van der Waals surface area contributed by atoms with E-state index in [9.17, 15) is 0 Å². The van der Waals surface area contributed by atoms with Crippen molar-refractivity contribution in [2.45, 2.75) is 13.8 Å². The summed E-state index contributed by atoms with van der Waals surface area (Å²) in [5.41, 5.74) is 6.67. The fraction of sp³-hybridized carbons (Fsp3) is 0.400. The molecule has 2 N–H and O–H groups in total. The Morgan fingerprint density at radius 3 is 2.09 bits per heavy atom. The molecule has 1 heteroatoms. The van der Waals surface area contributed by atoms with Gasteiger partial charge in [0.05, 0.1) is 0 Å². The molecule has 0 aliphatic carbocycles. The van der Waals surface area contributed by atoms with Gasteiger partial charge in [-0.25, -0.2) is 0 Å². The summed E-state index contributed by atoms with van der Waals surface area (Å²) in [4.78, 5) is 0. The maximum atomic E-state index is 5.44. The average molecular weight is 153 g/mol. The molecule has 0 aliphatic heterocycles. The van der Waals surface area contributed by atoms with Gasteiger partial charge in [-0.3, -0.25) is 0 Å². The van der Waals surface area contributed by atoms with Gasteiger partial charge in [-0.15, -0.1) is 13.2 Å². The lowest BCUT2D eigenvalue weighted by Crippen LogP contribution is -2.11. The maximum absolute atomic E-state index is 5.44. The molecule has 1 unspecified atom stereocenters. The van der Waals surface area contributed by atoms with Crippen LogP contribution in [0, 0.1) is 5.92 Å². The topological polar surface area (TPSA) is 26.0 Å². The van der Waals surface area contributed by atoms with Gasteiger partial charge in [0, 0.05) is 0 Å². The molecule has 0 aromatic heterocycles. The van der Waals surface area contributed by atoms with Crippen LogP contribution in [-0.2, 0) is 0 Å². The SMILES string of the molecule is C=C.C=C/C(=C\C)C(C)CN. The molecule has 0 rings (SSSR count). The summed E-state index contributed by atoms with van der Waals surface area (Å²) in [5.74, 6) is 0.451. The Balaban J connectivity index is 0. The van der Waals surface area contributed by atoms with Gasteiger partial charge >= 0.3 is 0 Å². The van der Waals surface area contributed by atoms with Crippen LogP contribution in [0.15, 0.2) is 37.5 Å². The highest BCUT2D eigenvalue weighted by Gasteiger charge is 1.99. The zero-order valence-corrected chi connectivity index (χ0v) is 7.64. The molecule has 0 spiro atoms. The van der Waals surface area contributed by atoms with Gasteiger partial charge in [0.25, 0.3) is 0 Å². The van der Waals surface area contributed by atoms with E-state index in [-0.39, 0.29) is 0 Å². The molecule has 0 saturated carbocycles. The first kappa shape index (κ1) is 12.8. The van der Waals surface area contributed by atoms with Crippen molar-refractivity contribution in [3.8, 4) is 0 Å². The monoisotopic (exact) mass is 153 g/mol. The summed E-state index contributed by atoms with van der Waals surface area (Å²) in [5, 5.41) is 0. The molecule has 0 bridgehead atoms. The van der Waals surface area contributed by atoms with Gasteiger partial charge in [-0.1, -0.05) is 25.7 Å². The van der Waals surface area contributed by atoms with Crippen LogP contribution < -0.4 is 5.73 Å². The molecule has 0 aromatic rings. The first-order valence-corrected chi connectivity index (χ1v) is 3.75. The third kappa shape index (κ3) is 5.62. The van der Waals surface area contributed by atoms with Gasteiger partial charge in [-0.2, -0.15) is 0 Å². The van der Waals surface area contributed by atoms with Crippen molar-refractivity contribution in [2.24, 2.45) is 11.7 Å². The lowest BCUT2D eigenvalue weighted by molar-refractivity contribution is 0.709. The lowest BCUT2D eigenvalue weighted by atomic mass is 10.0. The van der Waals surface area contributed by atoms with E-state index in [0.29, 0.717) is 12.5 Å². The van der Waals surface area contributed by atoms with E-state index in [0.717, 1.165) is 0 Å². The standard InChI is InChI=1S/C8H15N.C2H4/c1-4-8(5-2)7(3)6-9;1-2/h4-5,7H,1,6,9H2,2-3H3;1-2H2/b8-5+;. The van der Waals surface area contributed by atoms with Crippen molar-refractivity contribution >= 4 is 0 Å². The highest BCUT2D eigenvalue weighted by atomic mass is 14.5. The van der Waals surface area contributed by atoms with Crippen molar-refractivity contribution in [1.82, 2.24) is 0 Å². The van der Waals surface area contributed by atoms with E-state index in [4.69, 9.17) is 5.73 Å². The van der Waals surface area contributed by atoms with E-state index >= 15 is 0 Å². The van der Waals surface area contributed by atoms with E-state index < -0.39 is 0 Å². The molecule has 0 aliphatic rings. The normalized spacial score (nSPS) is 12.8. The third-order valence-electron chi connectivity index (χ3n) is 1.49. The Kier molecular flexibility index (Phi) is 10.7. The van der Waals surface area contributed by atoms with Crippen LogP contribution in [0.1, 0.15) is 13.8 Å². The zero-order chi connectivity index (χ0) is 9.28. The number of hydrogen-bond acceptors (Lipinski definition) is 1. The molecule has 0 saturated heterocycles. The van der Waals surface area contributed by atoms with Gasteiger partial charge in [0.15, 0.2) is 0 Å². The molecule has 1 atom stereocenters. The van der Waals surface area contributed by atoms with Crippen molar-refractivity contribution in [3.63, 3.8) is 0 Å². The van der Waals surface area contributed by atoms with Gasteiger partial charge in [0.1, 0.15) is 0 Å². The predicted octanol–water partition coefficient (Wildman–Crippen LogP) is 2.52. The summed E-state index contributed by atoms with van der Waals surface area (Å²) < 4.78 is 0. The predicted molar refractivity (Wildman–Crippen MR) is 53.4 cm³/mol. The smallest absolute Gasteiger partial charge is 0.00110 e. The highest BCUT2D eigenvalue weighted by Crippen LogP contribution is 2.08. The Labute approximate surface area is 70.3 Å². The second-order valence-corrected chi connectivity index (χ2v) is 2.13. The number of nitrogens with two attached hydrogens (primary N) is 1. The second-order valence-electron chi connectivity index (χ2n) is 2.13. The van der Waals surface area contributed by atoms with Gasteiger partial charge < -0.3 is 5.73 Å². The van der Waals surface area contributed by atoms with E-state index in [1.807, 2.05) is 19.1 Å². The van der Waals surface area contributed by atoms with Crippen LogP contribution in [0.2, 0.25) is 0 Å². The Hall–Kier alpha value is -0.820. The van der Waals surface area contributed by atoms with Crippen molar-refractivity contribution < 1.29 is 0 Å². The fourth-order valence-corrected chi connectivity index (χ4v) is 0.740. The number of rotatable bonds is 3. The van der Waals surface area contributed by atoms with Crippen LogP contribution >= 0.6 is 0 Å². The molecule has 11 heavy (non-hydrogen) atoms. The zero-order valence-electron chi connectivity index (χ0n) is 7.64. The summed E-state index contributed by atoms with van der Waals surface area (Å²) >= 11 is 0. The molecule has 1 nitrogen and oxygen atoms in total. The summed E-state index contributed by atoms with van der Waals surface area (Å²) in [6.07, 6.45) is 3.90. The molecule has 0 aromatic carbocycles.